The highest BCUT2D eigenvalue weighted by Crippen LogP contribution is 2.23. The van der Waals surface area contributed by atoms with E-state index in [1.54, 1.807) is 24.1 Å². The summed E-state index contributed by atoms with van der Waals surface area (Å²) in [5.74, 6) is 1.98. The quantitative estimate of drug-likeness (QED) is 0.612. The van der Waals surface area contributed by atoms with E-state index >= 15 is 0 Å². The van der Waals surface area contributed by atoms with Crippen molar-refractivity contribution in [2.75, 3.05) is 7.05 Å². The number of carbonyl (C=O) groups excluding carboxylic acids is 1. The molecule has 3 rings (SSSR count). The first kappa shape index (κ1) is 16.3. The SMILES string of the molecule is CN(Cc1ccc(Br)o1)C(=O)c1cccc(Oc2ccccc2)c1. The van der Waals surface area contributed by atoms with Crippen molar-refractivity contribution in [3.05, 3.63) is 82.7 Å². The minimum Gasteiger partial charge on any atom is -0.457 e. The van der Waals surface area contributed by atoms with Gasteiger partial charge in [0, 0.05) is 12.6 Å². The van der Waals surface area contributed by atoms with Crippen LogP contribution in [-0.4, -0.2) is 17.9 Å². The van der Waals surface area contributed by atoms with Gasteiger partial charge in [0.1, 0.15) is 17.3 Å². The summed E-state index contributed by atoms with van der Waals surface area (Å²) < 4.78 is 11.9. The number of nitrogens with zero attached hydrogens (tertiary/aromatic N) is 1. The van der Waals surface area contributed by atoms with Crippen molar-refractivity contribution in [2.24, 2.45) is 0 Å². The Kier molecular flexibility index (Phi) is 5.01. The van der Waals surface area contributed by atoms with Gasteiger partial charge in [0.15, 0.2) is 4.67 Å². The van der Waals surface area contributed by atoms with E-state index in [0.717, 1.165) is 11.5 Å². The largest absolute Gasteiger partial charge is 0.457 e. The van der Waals surface area contributed by atoms with Crippen LogP contribution in [0.1, 0.15) is 16.1 Å². The second-order valence-electron chi connectivity index (χ2n) is 5.31. The van der Waals surface area contributed by atoms with E-state index in [2.05, 4.69) is 15.9 Å². The fraction of sp³-hybridized carbons (Fsp3) is 0.105. The lowest BCUT2D eigenvalue weighted by Gasteiger charge is -2.16. The molecular weight excluding hydrogens is 370 g/mol. The Morgan fingerprint density at radius 2 is 1.79 bits per heavy atom. The van der Waals surface area contributed by atoms with Gasteiger partial charge in [-0.05, 0) is 58.4 Å². The van der Waals surface area contributed by atoms with Crippen molar-refractivity contribution in [2.45, 2.75) is 6.54 Å². The molecule has 0 saturated carbocycles. The molecular formula is C19H16BrNO3. The zero-order valence-electron chi connectivity index (χ0n) is 13.1. The van der Waals surface area contributed by atoms with Crippen LogP contribution in [0.3, 0.4) is 0 Å². The van der Waals surface area contributed by atoms with Crippen LogP contribution < -0.4 is 4.74 Å². The Bertz CT molecular complexity index is 829. The van der Waals surface area contributed by atoms with Crippen LogP contribution >= 0.6 is 15.9 Å². The third-order valence-corrected chi connectivity index (χ3v) is 3.85. The van der Waals surface area contributed by atoms with Gasteiger partial charge in [0.25, 0.3) is 5.91 Å². The van der Waals surface area contributed by atoms with Crippen LogP contribution in [0.4, 0.5) is 0 Å². The summed E-state index contributed by atoms with van der Waals surface area (Å²) in [5.41, 5.74) is 0.566. The Morgan fingerprint density at radius 3 is 2.50 bits per heavy atom. The summed E-state index contributed by atoms with van der Waals surface area (Å²) >= 11 is 3.26. The summed E-state index contributed by atoms with van der Waals surface area (Å²) in [5, 5.41) is 0. The van der Waals surface area contributed by atoms with E-state index in [-0.39, 0.29) is 5.91 Å². The number of ether oxygens (including phenoxy) is 1. The lowest BCUT2D eigenvalue weighted by atomic mass is 10.2. The molecule has 0 bridgehead atoms. The molecule has 5 heteroatoms. The predicted molar refractivity (Wildman–Crippen MR) is 95.2 cm³/mol. The molecule has 0 aliphatic heterocycles. The summed E-state index contributed by atoms with van der Waals surface area (Å²) in [7, 11) is 1.74. The Hall–Kier alpha value is -2.53. The first-order chi connectivity index (χ1) is 11.6. The van der Waals surface area contributed by atoms with Gasteiger partial charge in [-0.2, -0.15) is 0 Å². The highest BCUT2D eigenvalue weighted by atomic mass is 79.9. The molecule has 0 spiro atoms. The fourth-order valence-corrected chi connectivity index (χ4v) is 2.62. The summed E-state index contributed by atoms with van der Waals surface area (Å²) in [6.45, 7) is 0.397. The fourth-order valence-electron chi connectivity index (χ4n) is 2.28. The van der Waals surface area contributed by atoms with Crippen LogP contribution in [0.5, 0.6) is 11.5 Å². The lowest BCUT2D eigenvalue weighted by Crippen LogP contribution is -2.25. The van der Waals surface area contributed by atoms with Gasteiger partial charge >= 0.3 is 0 Å². The van der Waals surface area contributed by atoms with Gasteiger partial charge in [-0.25, -0.2) is 0 Å². The van der Waals surface area contributed by atoms with Gasteiger partial charge in [0.05, 0.1) is 6.54 Å². The molecule has 4 nitrogen and oxygen atoms in total. The molecule has 2 aromatic carbocycles. The number of benzene rings is 2. The monoisotopic (exact) mass is 385 g/mol. The summed E-state index contributed by atoms with van der Waals surface area (Å²) in [6, 6.07) is 20.3. The molecule has 24 heavy (non-hydrogen) atoms. The van der Waals surface area contributed by atoms with Gasteiger partial charge in [-0.15, -0.1) is 0 Å². The van der Waals surface area contributed by atoms with Crippen LogP contribution in [0.2, 0.25) is 0 Å². The lowest BCUT2D eigenvalue weighted by molar-refractivity contribution is 0.0774. The molecule has 122 valence electrons. The Balaban J connectivity index is 1.71. The molecule has 0 unspecified atom stereocenters. The van der Waals surface area contributed by atoms with Gasteiger partial charge < -0.3 is 14.1 Å². The average Bonchev–Trinajstić information content (AvgIpc) is 3.00. The molecule has 0 radical (unpaired) electrons. The summed E-state index contributed by atoms with van der Waals surface area (Å²) in [4.78, 5) is 14.2. The van der Waals surface area contributed by atoms with E-state index in [1.807, 2.05) is 54.6 Å². The van der Waals surface area contributed by atoms with E-state index in [1.165, 1.54) is 0 Å². The van der Waals surface area contributed by atoms with E-state index in [0.29, 0.717) is 22.5 Å². The second kappa shape index (κ2) is 7.36. The van der Waals surface area contributed by atoms with Gasteiger partial charge in [0.2, 0.25) is 0 Å². The molecule has 0 atom stereocenters. The van der Waals surface area contributed by atoms with Crippen molar-refractivity contribution in [1.82, 2.24) is 4.90 Å². The number of rotatable bonds is 5. The third kappa shape index (κ3) is 4.06. The van der Waals surface area contributed by atoms with E-state index < -0.39 is 0 Å². The second-order valence-corrected chi connectivity index (χ2v) is 6.09. The first-order valence-electron chi connectivity index (χ1n) is 7.44. The first-order valence-corrected chi connectivity index (χ1v) is 8.24. The van der Waals surface area contributed by atoms with Crippen LogP contribution in [0.25, 0.3) is 0 Å². The maximum atomic E-state index is 12.6. The molecule has 0 saturated heterocycles. The highest BCUT2D eigenvalue weighted by Gasteiger charge is 2.14. The number of halogens is 1. The molecule has 1 aromatic heterocycles. The van der Waals surface area contributed by atoms with Crippen molar-refractivity contribution in [3.8, 4) is 11.5 Å². The molecule has 1 heterocycles. The average molecular weight is 386 g/mol. The van der Waals surface area contributed by atoms with E-state index in [4.69, 9.17) is 9.15 Å². The number of hydrogen-bond donors (Lipinski definition) is 0. The molecule has 1 amide bonds. The maximum Gasteiger partial charge on any atom is 0.254 e. The number of hydrogen-bond acceptors (Lipinski definition) is 3. The van der Waals surface area contributed by atoms with E-state index in [9.17, 15) is 4.79 Å². The highest BCUT2D eigenvalue weighted by molar-refractivity contribution is 9.10. The molecule has 3 aromatic rings. The van der Waals surface area contributed by atoms with Crippen LogP contribution in [0.15, 0.2) is 75.8 Å². The molecule has 0 fully saturated rings. The zero-order valence-corrected chi connectivity index (χ0v) is 14.7. The standard InChI is InChI=1S/C19H16BrNO3/c1-21(13-17-10-11-18(20)24-17)19(22)14-6-5-9-16(12-14)23-15-7-3-2-4-8-15/h2-12H,13H2,1H3. The number of carbonyl (C=O) groups is 1. The minimum atomic E-state index is -0.0963. The predicted octanol–water partition coefficient (Wildman–Crippen LogP) is 5.11. The zero-order chi connectivity index (χ0) is 16.9. The maximum absolute atomic E-state index is 12.6. The molecule has 0 N–H and O–H groups in total. The molecule has 0 aliphatic carbocycles. The third-order valence-electron chi connectivity index (χ3n) is 3.43. The topological polar surface area (TPSA) is 42.7 Å². The van der Waals surface area contributed by atoms with Gasteiger partial charge in [-0.3, -0.25) is 4.79 Å². The minimum absolute atomic E-state index is 0.0963. The van der Waals surface area contributed by atoms with Crippen molar-refractivity contribution >= 4 is 21.8 Å². The van der Waals surface area contributed by atoms with Gasteiger partial charge in [-0.1, -0.05) is 24.3 Å². The summed E-state index contributed by atoms with van der Waals surface area (Å²) in [6.07, 6.45) is 0. The van der Waals surface area contributed by atoms with Crippen LogP contribution in [-0.2, 0) is 6.54 Å². The number of amides is 1. The number of furan rings is 1. The van der Waals surface area contributed by atoms with Crippen molar-refractivity contribution in [1.29, 1.82) is 0 Å². The normalized spacial score (nSPS) is 10.4. The van der Waals surface area contributed by atoms with Crippen molar-refractivity contribution in [3.63, 3.8) is 0 Å². The molecule has 0 aliphatic rings. The van der Waals surface area contributed by atoms with Crippen molar-refractivity contribution < 1.29 is 13.9 Å². The smallest absolute Gasteiger partial charge is 0.254 e. The van der Waals surface area contributed by atoms with Crippen LogP contribution in [0, 0.1) is 0 Å². The Morgan fingerprint density at radius 1 is 1.04 bits per heavy atom. The number of para-hydroxylation sites is 1. The Labute approximate surface area is 148 Å².